The molecule has 4 heterocycles. The number of carbonyl (C=O) groups excluding carboxylic acids is 1. The molecular formula is C27H25N3O4. The molecular weight excluding hydrogens is 430 g/mol. The summed E-state index contributed by atoms with van der Waals surface area (Å²) < 4.78 is 12.5. The number of anilines is 1. The summed E-state index contributed by atoms with van der Waals surface area (Å²) in [5, 5.41) is 13.6. The van der Waals surface area contributed by atoms with E-state index in [-0.39, 0.29) is 11.9 Å². The van der Waals surface area contributed by atoms with Crippen LogP contribution in [0.2, 0.25) is 0 Å². The number of likely N-dealkylation sites (tertiary alicyclic amines) is 1. The van der Waals surface area contributed by atoms with Gasteiger partial charge >= 0.3 is 0 Å². The molecule has 34 heavy (non-hydrogen) atoms. The van der Waals surface area contributed by atoms with E-state index < -0.39 is 17.1 Å². The highest BCUT2D eigenvalue weighted by Crippen LogP contribution is 2.69. The molecule has 8 rings (SSSR count). The second kappa shape index (κ2) is 5.73. The summed E-state index contributed by atoms with van der Waals surface area (Å²) in [7, 11) is 5.60. The number of likely N-dealkylation sites (N-methyl/N-ethyl adjacent to an activating group) is 1. The van der Waals surface area contributed by atoms with Crippen molar-refractivity contribution in [3.8, 4) is 11.5 Å². The van der Waals surface area contributed by atoms with Crippen molar-refractivity contribution < 1.29 is 19.4 Å². The molecule has 3 aliphatic heterocycles. The summed E-state index contributed by atoms with van der Waals surface area (Å²) in [5.74, 6) is 1.42. The van der Waals surface area contributed by atoms with Crippen LogP contribution in [-0.2, 0) is 18.3 Å². The number of carbonyl (C=O) groups is 1. The van der Waals surface area contributed by atoms with Gasteiger partial charge in [0, 0.05) is 36.0 Å². The number of hydrogen-bond acceptors (Lipinski definition) is 6. The number of hydrogen-bond donors (Lipinski definition) is 1. The highest BCUT2D eigenvalue weighted by atomic mass is 16.5. The van der Waals surface area contributed by atoms with E-state index in [9.17, 15) is 9.90 Å². The van der Waals surface area contributed by atoms with Gasteiger partial charge in [-0.15, -0.1) is 0 Å². The molecule has 1 spiro atoms. The van der Waals surface area contributed by atoms with Gasteiger partial charge in [-0.3, -0.25) is 4.79 Å². The number of piperidine rings is 1. The Morgan fingerprint density at radius 1 is 1.24 bits per heavy atom. The lowest BCUT2D eigenvalue weighted by atomic mass is 9.49. The van der Waals surface area contributed by atoms with Crippen molar-refractivity contribution in [1.82, 2.24) is 9.88 Å². The minimum Gasteiger partial charge on any atom is -0.493 e. The summed E-state index contributed by atoms with van der Waals surface area (Å²) in [6, 6.07) is 9.81. The average molecular weight is 456 g/mol. The Labute approximate surface area is 196 Å². The lowest BCUT2D eigenvalue weighted by molar-refractivity contribution is -0.167. The first kappa shape index (κ1) is 19.2. The first-order valence-electron chi connectivity index (χ1n) is 11.9. The topological polar surface area (TPSA) is 75.1 Å². The Balaban J connectivity index is 1.50. The molecule has 1 amide bonds. The fraction of sp³-hybridized carbons (Fsp3) is 0.407. The van der Waals surface area contributed by atoms with Gasteiger partial charge in [0.1, 0.15) is 0 Å². The number of ether oxygens (including phenoxy) is 2. The normalized spacial score (nSPS) is 32.0. The number of benzene rings is 2. The Bertz CT molecular complexity index is 1480. The maximum atomic E-state index is 13.1. The second-order valence-corrected chi connectivity index (χ2v) is 10.5. The molecule has 1 aromatic heterocycles. The van der Waals surface area contributed by atoms with Gasteiger partial charge in [0.05, 0.1) is 40.6 Å². The smallest absolute Gasteiger partial charge is 0.258 e. The minimum atomic E-state index is -1.05. The number of nitrogens with zero attached hydrogens (tertiary/aromatic N) is 3. The Kier molecular flexibility index (Phi) is 3.23. The van der Waals surface area contributed by atoms with Gasteiger partial charge < -0.3 is 24.4 Å². The van der Waals surface area contributed by atoms with Gasteiger partial charge in [-0.1, -0.05) is 12.1 Å². The van der Waals surface area contributed by atoms with Crippen molar-refractivity contribution in [2.75, 3.05) is 32.6 Å². The maximum Gasteiger partial charge on any atom is 0.258 e. The van der Waals surface area contributed by atoms with E-state index in [1.54, 1.807) is 12.0 Å². The van der Waals surface area contributed by atoms with Crippen molar-refractivity contribution >= 4 is 22.5 Å². The number of fused-ring (bicyclic) bond motifs is 3. The zero-order chi connectivity index (χ0) is 23.1. The molecule has 2 aliphatic carbocycles. The molecule has 1 saturated heterocycles. The first-order chi connectivity index (χ1) is 16.4. The Hall–Kier alpha value is -3.16. The number of methoxy groups -OCH3 is 1. The van der Waals surface area contributed by atoms with E-state index in [2.05, 4.69) is 18.0 Å². The van der Waals surface area contributed by atoms with Gasteiger partial charge in [0.2, 0.25) is 0 Å². The van der Waals surface area contributed by atoms with Crippen LogP contribution in [0.3, 0.4) is 0 Å². The van der Waals surface area contributed by atoms with Crippen LogP contribution in [0, 0.1) is 0 Å². The van der Waals surface area contributed by atoms with E-state index in [4.69, 9.17) is 14.5 Å². The van der Waals surface area contributed by atoms with Crippen molar-refractivity contribution in [2.45, 2.75) is 42.4 Å². The molecule has 3 unspecified atom stereocenters. The van der Waals surface area contributed by atoms with Crippen molar-refractivity contribution in [3.63, 3.8) is 0 Å². The van der Waals surface area contributed by atoms with E-state index >= 15 is 0 Å². The quantitative estimate of drug-likeness (QED) is 0.608. The molecule has 7 heteroatoms. The zero-order valence-electron chi connectivity index (χ0n) is 19.4. The molecule has 3 aromatic rings. The van der Waals surface area contributed by atoms with E-state index in [0.717, 1.165) is 58.5 Å². The third kappa shape index (κ3) is 1.79. The van der Waals surface area contributed by atoms with E-state index in [0.29, 0.717) is 17.7 Å². The van der Waals surface area contributed by atoms with Crippen LogP contribution in [0.25, 0.3) is 10.9 Å². The maximum absolute atomic E-state index is 13.1. The van der Waals surface area contributed by atoms with Gasteiger partial charge in [0.25, 0.3) is 5.91 Å². The number of pyridine rings is 1. The largest absolute Gasteiger partial charge is 0.493 e. The molecule has 1 N–H and O–H groups in total. The molecule has 4 atom stereocenters. The number of aliphatic hydroxyl groups is 1. The van der Waals surface area contributed by atoms with Crippen LogP contribution < -0.4 is 14.4 Å². The molecule has 5 aliphatic rings. The van der Waals surface area contributed by atoms with Crippen LogP contribution >= 0.6 is 0 Å². The van der Waals surface area contributed by atoms with Gasteiger partial charge in [-0.05, 0) is 50.2 Å². The first-order valence-corrected chi connectivity index (χ1v) is 11.9. The molecule has 2 bridgehead atoms. The molecule has 172 valence electrons. The minimum absolute atomic E-state index is 0.0244. The van der Waals surface area contributed by atoms with Gasteiger partial charge in [0.15, 0.2) is 17.6 Å². The fourth-order valence-corrected chi connectivity index (χ4v) is 7.92. The van der Waals surface area contributed by atoms with Crippen LogP contribution in [0.1, 0.15) is 45.3 Å². The van der Waals surface area contributed by atoms with Gasteiger partial charge in [-0.2, -0.15) is 0 Å². The lowest BCUT2D eigenvalue weighted by Gasteiger charge is -2.62. The summed E-state index contributed by atoms with van der Waals surface area (Å²) in [4.78, 5) is 22.3. The highest BCUT2D eigenvalue weighted by molar-refractivity contribution is 6.25. The molecule has 0 radical (unpaired) electrons. The molecule has 1 fully saturated rings. The van der Waals surface area contributed by atoms with Gasteiger partial charge in [-0.25, -0.2) is 4.98 Å². The second-order valence-electron chi connectivity index (χ2n) is 10.5. The number of rotatable bonds is 1. The van der Waals surface area contributed by atoms with E-state index in [1.165, 1.54) is 5.56 Å². The summed E-state index contributed by atoms with van der Waals surface area (Å²) in [5.41, 5.74) is 4.83. The SMILES string of the molecule is COc1ccc2c3c1OC1c4nc5cccc6c5c(c4CC4(O)C(C2)N(C)CC[C@]314)N(C)C6=O. The molecule has 2 aromatic carbocycles. The predicted octanol–water partition coefficient (Wildman–Crippen LogP) is 2.75. The lowest BCUT2D eigenvalue weighted by Crippen LogP contribution is -2.74. The highest BCUT2D eigenvalue weighted by Gasteiger charge is 2.72. The fourth-order valence-electron chi connectivity index (χ4n) is 7.92. The standard InChI is InChI=1S/C27H25N3O4/c1-29-10-9-26-20-13-7-8-17(33-3)23(20)34-24(26)21-15(12-27(26,32)18(29)11-13)22-19-14(25(31)30(22)2)5-4-6-16(19)28-21/h4-8,18,24,32H,9-12H2,1-3H3/t18?,24?,26-,27?/m0/s1. The summed E-state index contributed by atoms with van der Waals surface area (Å²) in [6.45, 7) is 0.876. The zero-order valence-corrected chi connectivity index (χ0v) is 19.4. The van der Waals surface area contributed by atoms with Crippen LogP contribution in [0.5, 0.6) is 11.5 Å². The number of amides is 1. The Morgan fingerprint density at radius 3 is 2.91 bits per heavy atom. The predicted molar refractivity (Wildman–Crippen MR) is 126 cm³/mol. The van der Waals surface area contributed by atoms with E-state index in [1.807, 2.05) is 31.3 Å². The third-order valence-corrected chi connectivity index (χ3v) is 9.37. The third-order valence-electron chi connectivity index (χ3n) is 9.37. The van der Waals surface area contributed by atoms with Crippen molar-refractivity contribution in [1.29, 1.82) is 0 Å². The Morgan fingerprint density at radius 2 is 2.09 bits per heavy atom. The van der Waals surface area contributed by atoms with Crippen molar-refractivity contribution in [3.05, 3.63) is 58.3 Å². The summed E-state index contributed by atoms with van der Waals surface area (Å²) >= 11 is 0. The average Bonchev–Trinajstić information content (AvgIpc) is 3.31. The molecule has 0 saturated carbocycles. The monoisotopic (exact) mass is 455 g/mol. The van der Waals surface area contributed by atoms with Crippen LogP contribution in [0.4, 0.5) is 5.69 Å². The van der Waals surface area contributed by atoms with Crippen LogP contribution in [-0.4, -0.2) is 60.3 Å². The van der Waals surface area contributed by atoms with Crippen LogP contribution in [0.15, 0.2) is 30.3 Å². The van der Waals surface area contributed by atoms with Crippen molar-refractivity contribution in [2.24, 2.45) is 0 Å². The summed E-state index contributed by atoms with van der Waals surface area (Å²) in [6.07, 6.45) is 1.54. The number of aromatic nitrogens is 1. The molecule has 7 nitrogen and oxygen atoms in total.